The van der Waals surface area contributed by atoms with Crippen LogP contribution in [-0.2, 0) is 18.9 Å². The number of nitrogens with one attached hydrogen (secondary N) is 4. The van der Waals surface area contributed by atoms with Crippen LogP contribution < -0.4 is 26.1 Å². The highest BCUT2D eigenvalue weighted by Gasteiger charge is 2.68. The summed E-state index contributed by atoms with van der Waals surface area (Å²) in [5, 5.41) is 22.3. The lowest BCUT2D eigenvalue weighted by Gasteiger charge is -2.64. The van der Waals surface area contributed by atoms with Crippen LogP contribution in [0.15, 0.2) is 42.5 Å². The van der Waals surface area contributed by atoms with Crippen molar-refractivity contribution in [2.24, 2.45) is 23.2 Å². The Hall–Kier alpha value is -3.46. The van der Waals surface area contributed by atoms with E-state index in [1.165, 1.54) is 0 Å². The van der Waals surface area contributed by atoms with E-state index in [0.717, 1.165) is 28.7 Å². The normalized spacial score (nSPS) is 28.3. The molecule has 2 heterocycles. The largest absolute Gasteiger partial charge is 0.484 e. The van der Waals surface area contributed by atoms with Gasteiger partial charge in [-0.1, -0.05) is 58.0 Å². The molecule has 2 aromatic rings. The number of rotatable bonds is 15. The van der Waals surface area contributed by atoms with Gasteiger partial charge in [-0.3, -0.25) is 14.9 Å². The van der Waals surface area contributed by atoms with Gasteiger partial charge in [-0.05, 0) is 96.8 Å². The predicted octanol–water partition coefficient (Wildman–Crippen LogP) is 3.17. The minimum atomic E-state index is -0.857. The Morgan fingerprint density at radius 2 is 1.91 bits per heavy atom. The quantitative estimate of drug-likeness (QED) is 0.0740. The van der Waals surface area contributed by atoms with Crippen molar-refractivity contribution in [3.8, 4) is 5.75 Å². The topological polar surface area (TPSA) is 166 Å². The Kier molecular flexibility index (Phi) is 9.40. The predicted molar refractivity (Wildman–Crippen MR) is 176 cm³/mol. The molecule has 2 amide bonds. The first-order chi connectivity index (χ1) is 22.3. The van der Waals surface area contributed by atoms with Crippen LogP contribution in [-0.4, -0.2) is 72.2 Å². The van der Waals surface area contributed by atoms with Crippen LogP contribution >= 0.6 is 0 Å². The van der Waals surface area contributed by atoms with Crippen molar-refractivity contribution in [1.29, 1.82) is 0 Å². The van der Waals surface area contributed by atoms with Gasteiger partial charge in [0.05, 0.1) is 17.6 Å². The van der Waals surface area contributed by atoms with E-state index in [2.05, 4.69) is 56.0 Å². The van der Waals surface area contributed by atoms with Gasteiger partial charge in [0.25, 0.3) is 5.91 Å². The SMILES string of the molecule is CC(C)C[C@H](NC(=O)[C@H](CCCNC1NN1[N+](=O)[O-])NC(=O)COc1ccc2ccccc2c1)B1O[C@@H]2C[C@@H]3C[C@@H](C3(C)C)[C@]2(C)O1. The Labute approximate surface area is 276 Å². The van der Waals surface area contributed by atoms with Crippen LogP contribution in [0.5, 0.6) is 5.75 Å². The second kappa shape index (κ2) is 13.2. The van der Waals surface area contributed by atoms with E-state index in [1.807, 2.05) is 42.5 Å². The first kappa shape index (κ1) is 33.4. The minimum Gasteiger partial charge on any atom is -0.484 e. The van der Waals surface area contributed by atoms with Crippen LogP contribution in [0.2, 0.25) is 0 Å². The van der Waals surface area contributed by atoms with Gasteiger partial charge in [-0.2, -0.15) is 0 Å². The van der Waals surface area contributed by atoms with E-state index in [9.17, 15) is 19.7 Å². The van der Waals surface area contributed by atoms with Crippen molar-refractivity contribution in [1.82, 2.24) is 26.5 Å². The van der Waals surface area contributed by atoms with Crippen LogP contribution in [0.3, 0.4) is 0 Å². The number of benzene rings is 2. The van der Waals surface area contributed by atoms with Crippen molar-refractivity contribution < 1.29 is 28.7 Å². The molecule has 4 N–H and O–H groups in total. The molecular formula is C33H47BN6O7. The van der Waals surface area contributed by atoms with Crippen molar-refractivity contribution in [2.75, 3.05) is 13.2 Å². The van der Waals surface area contributed by atoms with E-state index in [0.29, 0.717) is 43.4 Å². The third-order valence-corrected chi connectivity index (χ3v) is 10.7. The number of ether oxygens (including phenoxy) is 1. The van der Waals surface area contributed by atoms with Gasteiger partial charge in [0.2, 0.25) is 12.2 Å². The Bertz CT molecular complexity index is 1490. The lowest BCUT2D eigenvalue weighted by molar-refractivity contribution is -0.627. The number of hydrogen-bond acceptors (Lipinski definition) is 9. The maximum atomic E-state index is 13.9. The Morgan fingerprint density at radius 3 is 2.62 bits per heavy atom. The molecular weight excluding hydrogens is 603 g/mol. The molecule has 0 aromatic heterocycles. The highest BCUT2D eigenvalue weighted by Crippen LogP contribution is 2.65. The molecule has 3 saturated carbocycles. The summed E-state index contributed by atoms with van der Waals surface area (Å²) in [6.07, 6.45) is 2.95. The van der Waals surface area contributed by atoms with E-state index in [4.69, 9.17) is 14.0 Å². The number of amides is 2. The summed E-state index contributed by atoms with van der Waals surface area (Å²) in [4.78, 5) is 37.9. The third kappa shape index (κ3) is 7.06. The standard InChI is InChI=1S/C33H47BN6O7/c1-20(2)15-28(34-46-27-18-23-17-26(32(23,3)4)33(27,5)47-34)37-30(42)25(11-8-14-35-31-38-39(31)40(43)44)36-29(41)19-45-24-13-12-21-9-6-7-10-22(21)16-24/h6-7,9-10,12-13,16,20,23,25-28,31,35,38H,8,11,14-15,17-19H2,1-5H3,(H,36,41)(H,37,42)/t23-,25-,26-,27+,28-,31?,33-,39?/m0/s1. The minimum absolute atomic E-state index is 0.0144. The summed E-state index contributed by atoms with van der Waals surface area (Å²) in [6, 6.07) is 12.6. The Morgan fingerprint density at radius 1 is 1.15 bits per heavy atom. The number of nitrogens with zero attached hydrogens (tertiary/aromatic N) is 2. The fraction of sp³-hybridized carbons (Fsp3) is 0.636. The molecule has 5 aliphatic rings. The second-order valence-electron chi connectivity index (χ2n) is 14.7. The first-order valence-electron chi connectivity index (χ1n) is 16.8. The van der Waals surface area contributed by atoms with Gasteiger partial charge in [0.1, 0.15) is 11.8 Å². The smallest absolute Gasteiger partial charge is 0.481 e. The van der Waals surface area contributed by atoms with Gasteiger partial charge >= 0.3 is 7.12 Å². The molecule has 7 atom stereocenters. The van der Waals surface area contributed by atoms with Crippen LogP contribution in [0.4, 0.5) is 0 Å². The second-order valence-corrected chi connectivity index (χ2v) is 14.7. The Balaban J connectivity index is 1.10. The molecule has 0 radical (unpaired) electrons. The molecule has 7 rings (SSSR count). The highest BCUT2D eigenvalue weighted by molar-refractivity contribution is 6.48. The van der Waals surface area contributed by atoms with Gasteiger partial charge in [0.15, 0.2) is 11.6 Å². The van der Waals surface area contributed by atoms with Gasteiger partial charge < -0.3 is 24.7 Å². The van der Waals surface area contributed by atoms with Crippen LogP contribution in [0.25, 0.3) is 10.8 Å². The summed E-state index contributed by atoms with van der Waals surface area (Å²) in [7, 11) is -0.588. The van der Waals surface area contributed by atoms with Crippen LogP contribution in [0.1, 0.15) is 66.7 Å². The van der Waals surface area contributed by atoms with E-state index in [-0.39, 0.29) is 30.0 Å². The molecule has 14 heteroatoms. The molecule has 2 aromatic carbocycles. The average molecular weight is 651 g/mol. The molecule has 2 saturated heterocycles. The molecule has 3 aliphatic carbocycles. The van der Waals surface area contributed by atoms with Crippen LogP contribution in [0, 0.1) is 33.3 Å². The molecule has 47 heavy (non-hydrogen) atoms. The number of fused-ring (bicyclic) bond motifs is 1. The van der Waals surface area contributed by atoms with Crippen molar-refractivity contribution in [2.45, 2.75) is 96.7 Å². The number of hydrogen-bond donors (Lipinski definition) is 4. The summed E-state index contributed by atoms with van der Waals surface area (Å²) in [5.41, 5.74) is 2.39. The van der Waals surface area contributed by atoms with Crippen molar-refractivity contribution in [3.05, 3.63) is 52.6 Å². The van der Waals surface area contributed by atoms with Gasteiger partial charge in [-0.25, -0.2) is 10.1 Å². The zero-order valence-electron chi connectivity index (χ0n) is 27.9. The third-order valence-electron chi connectivity index (χ3n) is 10.7. The lowest BCUT2D eigenvalue weighted by atomic mass is 9.43. The number of carbonyl (C=O) groups is 2. The van der Waals surface area contributed by atoms with Crippen molar-refractivity contribution in [3.63, 3.8) is 0 Å². The summed E-state index contributed by atoms with van der Waals surface area (Å²) >= 11 is 0. The zero-order chi connectivity index (χ0) is 33.5. The number of hydrazine groups is 2. The monoisotopic (exact) mass is 650 g/mol. The molecule has 254 valence electrons. The van der Waals surface area contributed by atoms with E-state index in [1.54, 1.807) is 0 Å². The molecule has 13 nitrogen and oxygen atoms in total. The first-order valence-corrected chi connectivity index (χ1v) is 16.8. The van der Waals surface area contributed by atoms with E-state index >= 15 is 0 Å². The lowest BCUT2D eigenvalue weighted by Crippen LogP contribution is -2.65. The summed E-state index contributed by atoms with van der Waals surface area (Å²) < 4.78 is 19.1. The van der Waals surface area contributed by atoms with Gasteiger partial charge in [0, 0.05) is 0 Å². The molecule has 2 bridgehead atoms. The highest BCUT2D eigenvalue weighted by atomic mass is 16.7. The average Bonchev–Trinajstić information content (AvgIpc) is 3.72. The fourth-order valence-electron chi connectivity index (χ4n) is 7.92. The molecule has 2 aliphatic heterocycles. The molecule has 5 fully saturated rings. The number of carbonyl (C=O) groups excluding carboxylic acids is 2. The summed E-state index contributed by atoms with van der Waals surface area (Å²) in [5.74, 6) is 0.664. The zero-order valence-corrected chi connectivity index (χ0v) is 27.9. The molecule has 1 unspecified atom stereocenters. The summed E-state index contributed by atoms with van der Waals surface area (Å²) in [6.45, 7) is 11.1. The fourth-order valence-corrected chi connectivity index (χ4v) is 7.92. The van der Waals surface area contributed by atoms with Gasteiger partial charge in [-0.15, -0.1) is 5.43 Å². The van der Waals surface area contributed by atoms with Crippen molar-refractivity contribution >= 4 is 29.7 Å². The number of nitro groups is 1. The maximum Gasteiger partial charge on any atom is 0.481 e. The van der Waals surface area contributed by atoms with E-state index < -0.39 is 41.9 Å². The molecule has 0 spiro atoms. The maximum absolute atomic E-state index is 13.9.